The molecule has 0 spiro atoms. The van der Waals surface area contributed by atoms with Crippen molar-refractivity contribution in [2.75, 3.05) is 25.1 Å². The second kappa shape index (κ2) is 12.0. The van der Waals surface area contributed by atoms with Gasteiger partial charge in [-0.3, -0.25) is 14.6 Å². The van der Waals surface area contributed by atoms with E-state index in [0.717, 1.165) is 0 Å². The Labute approximate surface area is 181 Å². The van der Waals surface area contributed by atoms with Crippen molar-refractivity contribution in [3.63, 3.8) is 0 Å². The molecule has 0 atom stereocenters. The summed E-state index contributed by atoms with van der Waals surface area (Å²) in [5.74, 6) is 0.433. The molecule has 2 rings (SSSR count). The summed E-state index contributed by atoms with van der Waals surface area (Å²) in [5.41, 5.74) is 0.609. The third-order valence-corrected chi connectivity index (χ3v) is 4.29. The molecule has 0 aliphatic carbocycles. The Kier molecular flexibility index (Phi) is 9.35. The molecule has 3 N–H and O–H groups in total. The van der Waals surface area contributed by atoms with Gasteiger partial charge in [0.2, 0.25) is 17.6 Å². The fourth-order valence-electron chi connectivity index (χ4n) is 2.56. The first kappa shape index (κ1) is 24.2. The second-order valence-electron chi connectivity index (χ2n) is 7.54. The van der Waals surface area contributed by atoms with E-state index < -0.39 is 5.60 Å². The molecule has 2 aromatic heterocycles. The van der Waals surface area contributed by atoms with Crippen molar-refractivity contribution in [3.8, 4) is 11.5 Å². The third kappa shape index (κ3) is 9.09. The molecule has 2 heterocycles. The molecule has 0 radical (unpaired) electrons. The standard InChI is InChI=1S/C20H29N7O4/c1-14-24-26-19(27-25-14)16-8-7-15(13-22-16)23-18(30)6-4-5-17(29)21-10-12-31-20(2,3)9-11-28/h7-8,13,28H,4-6,9-12H2,1-3H3,(H,21,29)(H,23,30). The molecule has 0 saturated heterocycles. The average molecular weight is 431 g/mol. The molecule has 0 fully saturated rings. The number of carbonyl (C=O) groups is 2. The largest absolute Gasteiger partial charge is 0.396 e. The number of pyridine rings is 1. The third-order valence-electron chi connectivity index (χ3n) is 4.29. The summed E-state index contributed by atoms with van der Waals surface area (Å²) in [5, 5.41) is 29.9. The fraction of sp³-hybridized carbons (Fsp3) is 0.550. The van der Waals surface area contributed by atoms with Gasteiger partial charge in [0.1, 0.15) is 5.69 Å². The molecule has 31 heavy (non-hydrogen) atoms. The van der Waals surface area contributed by atoms with E-state index in [2.05, 4.69) is 36.0 Å². The van der Waals surface area contributed by atoms with Crippen molar-refractivity contribution in [2.24, 2.45) is 0 Å². The van der Waals surface area contributed by atoms with Crippen molar-refractivity contribution < 1.29 is 19.4 Å². The number of nitrogens with one attached hydrogen (secondary N) is 2. The maximum Gasteiger partial charge on any atom is 0.224 e. The van der Waals surface area contributed by atoms with E-state index in [9.17, 15) is 9.59 Å². The van der Waals surface area contributed by atoms with E-state index in [1.165, 1.54) is 6.20 Å². The lowest BCUT2D eigenvalue weighted by atomic mass is 10.1. The summed E-state index contributed by atoms with van der Waals surface area (Å²) in [6.45, 7) is 6.26. The highest BCUT2D eigenvalue weighted by Crippen LogP contribution is 2.14. The number of nitrogens with zero attached hydrogens (tertiary/aromatic N) is 5. The van der Waals surface area contributed by atoms with Gasteiger partial charge in [0.15, 0.2) is 5.82 Å². The minimum absolute atomic E-state index is 0.0533. The SMILES string of the molecule is Cc1nnc(-c2ccc(NC(=O)CCCC(=O)NCCOC(C)(C)CCO)cn2)nn1. The number of anilines is 1. The molecule has 0 saturated carbocycles. The van der Waals surface area contributed by atoms with E-state index in [-0.39, 0.29) is 31.3 Å². The van der Waals surface area contributed by atoms with E-state index in [1.54, 1.807) is 19.1 Å². The molecule has 11 heteroatoms. The van der Waals surface area contributed by atoms with Gasteiger partial charge < -0.3 is 20.5 Å². The van der Waals surface area contributed by atoms with Crippen LogP contribution < -0.4 is 10.6 Å². The summed E-state index contributed by atoms with van der Waals surface area (Å²) < 4.78 is 5.61. The first-order valence-corrected chi connectivity index (χ1v) is 10.1. The maximum absolute atomic E-state index is 12.1. The summed E-state index contributed by atoms with van der Waals surface area (Å²) in [7, 11) is 0. The Balaban J connectivity index is 1.64. The van der Waals surface area contributed by atoms with Gasteiger partial charge in [0, 0.05) is 26.0 Å². The number of aromatic nitrogens is 5. The average Bonchev–Trinajstić information content (AvgIpc) is 2.72. The Morgan fingerprint density at radius 2 is 1.81 bits per heavy atom. The molecule has 2 amide bonds. The molecule has 11 nitrogen and oxygen atoms in total. The van der Waals surface area contributed by atoms with Gasteiger partial charge in [-0.15, -0.1) is 20.4 Å². The Hall–Kier alpha value is -3.05. The number of rotatable bonds is 12. The van der Waals surface area contributed by atoms with E-state index in [0.29, 0.717) is 49.0 Å². The Morgan fingerprint density at radius 1 is 1.10 bits per heavy atom. The van der Waals surface area contributed by atoms with Crippen LogP contribution in [0, 0.1) is 6.92 Å². The number of aliphatic hydroxyl groups excluding tert-OH is 1. The summed E-state index contributed by atoms with van der Waals surface area (Å²) in [6, 6.07) is 3.36. The molecule has 0 bridgehead atoms. The highest BCUT2D eigenvalue weighted by molar-refractivity contribution is 5.90. The first-order chi connectivity index (χ1) is 14.8. The molecule has 0 aliphatic heterocycles. The molecule has 2 aromatic rings. The van der Waals surface area contributed by atoms with Crippen LogP contribution in [0.15, 0.2) is 18.3 Å². The zero-order valence-corrected chi connectivity index (χ0v) is 18.1. The Morgan fingerprint density at radius 3 is 2.45 bits per heavy atom. The van der Waals surface area contributed by atoms with E-state index >= 15 is 0 Å². The highest BCUT2D eigenvalue weighted by Gasteiger charge is 2.17. The molecule has 0 aliphatic rings. The van der Waals surface area contributed by atoms with Gasteiger partial charge in [0.25, 0.3) is 0 Å². The monoisotopic (exact) mass is 431 g/mol. The van der Waals surface area contributed by atoms with Gasteiger partial charge in [-0.2, -0.15) is 0 Å². The van der Waals surface area contributed by atoms with Crippen LogP contribution in [0.5, 0.6) is 0 Å². The number of ether oxygens (including phenoxy) is 1. The molecule has 168 valence electrons. The van der Waals surface area contributed by atoms with Crippen molar-refractivity contribution in [2.45, 2.75) is 52.1 Å². The van der Waals surface area contributed by atoms with Gasteiger partial charge >= 0.3 is 0 Å². The highest BCUT2D eigenvalue weighted by atomic mass is 16.5. The van der Waals surface area contributed by atoms with Crippen LogP contribution >= 0.6 is 0 Å². The topological polar surface area (TPSA) is 152 Å². The van der Waals surface area contributed by atoms with Crippen LogP contribution in [0.2, 0.25) is 0 Å². The van der Waals surface area contributed by atoms with Gasteiger partial charge in [0.05, 0.1) is 24.1 Å². The normalized spacial score (nSPS) is 11.2. The predicted molar refractivity (Wildman–Crippen MR) is 113 cm³/mol. The minimum atomic E-state index is -0.425. The maximum atomic E-state index is 12.1. The van der Waals surface area contributed by atoms with Gasteiger partial charge in [-0.05, 0) is 45.7 Å². The van der Waals surface area contributed by atoms with Crippen LogP contribution in [0.25, 0.3) is 11.5 Å². The van der Waals surface area contributed by atoms with E-state index in [1.807, 2.05) is 13.8 Å². The van der Waals surface area contributed by atoms with Crippen molar-refractivity contribution in [1.29, 1.82) is 0 Å². The molecule has 0 aromatic carbocycles. The smallest absolute Gasteiger partial charge is 0.224 e. The lowest BCUT2D eigenvalue weighted by Crippen LogP contribution is -2.32. The number of aryl methyl sites for hydroxylation is 1. The number of hydrogen-bond acceptors (Lipinski definition) is 9. The second-order valence-corrected chi connectivity index (χ2v) is 7.54. The van der Waals surface area contributed by atoms with Crippen LogP contribution in [-0.2, 0) is 14.3 Å². The lowest BCUT2D eigenvalue weighted by molar-refractivity contribution is -0.122. The molecule has 0 unspecified atom stereocenters. The molecular weight excluding hydrogens is 402 g/mol. The van der Waals surface area contributed by atoms with Crippen LogP contribution in [0.1, 0.15) is 45.4 Å². The van der Waals surface area contributed by atoms with Crippen LogP contribution in [-0.4, -0.2) is 67.7 Å². The van der Waals surface area contributed by atoms with Crippen molar-refractivity contribution in [1.82, 2.24) is 30.7 Å². The summed E-state index contributed by atoms with van der Waals surface area (Å²) in [6.07, 6.45) is 2.91. The quantitative estimate of drug-likeness (QED) is 0.418. The summed E-state index contributed by atoms with van der Waals surface area (Å²) in [4.78, 5) is 28.1. The zero-order valence-electron chi connectivity index (χ0n) is 18.1. The number of aliphatic hydroxyl groups is 1. The minimum Gasteiger partial charge on any atom is -0.396 e. The van der Waals surface area contributed by atoms with Gasteiger partial charge in [-0.25, -0.2) is 0 Å². The lowest BCUT2D eigenvalue weighted by Gasteiger charge is -2.24. The zero-order chi connectivity index (χ0) is 22.7. The molecular formula is C20H29N7O4. The number of hydrogen-bond donors (Lipinski definition) is 3. The van der Waals surface area contributed by atoms with Crippen LogP contribution in [0.3, 0.4) is 0 Å². The van der Waals surface area contributed by atoms with Crippen molar-refractivity contribution in [3.05, 3.63) is 24.2 Å². The predicted octanol–water partition coefficient (Wildman–Crippen LogP) is 1.04. The van der Waals surface area contributed by atoms with Crippen LogP contribution in [0.4, 0.5) is 5.69 Å². The fourth-order valence-corrected chi connectivity index (χ4v) is 2.56. The summed E-state index contributed by atoms with van der Waals surface area (Å²) >= 11 is 0. The number of carbonyl (C=O) groups excluding carboxylic acids is 2. The Bertz CT molecular complexity index is 842. The first-order valence-electron chi connectivity index (χ1n) is 10.1. The van der Waals surface area contributed by atoms with Gasteiger partial charge in [-0.1, -0.05) is 0 Å². The van der Waals surface area contributed by atoms with Crippen molar-refractivity contribution >= 4 is 17.5 Å². The van der Waals surface area contributed by atoms with E-state index in [4.69, 9.17) is 9.84 Å². The number of amides is 2.